The van der Waals surface area contributed by atoms with E-state index in [-0.39, 0.29) is 0 Å². The fraction of sp³-hybridized carbons (Fsp3) is 0.125. The van der Waals surface area contributed by atoms with E-state index >= 15 is 0 Å². The summed E-state index contributed by atoms with van der Waals surface area (Å²) in [4.78, 5) is 13.2. The van der Waals surface area contributed by atoms with Gasteiger partial charge < -0.3 is 5.32 Å². The number of nitrogens with zero attached hydrogens (tertiary/aromatic N) is 3. The van der Waals surface area contributed by atoms with Gasteiger partial charge in [-0.15, -0.1) is 11.3 Å². The van der Waals surface area contributed by atoms with Crippen LogP contribution in [0.2, 0.25) is 0 Å². The Labute approximate surface area is 99.0 Å². The van der Waals surface area contributed by atoms with Gasteiger partial charge in [-0.25, -0.2) is 9.97 Å². The van der Waals surface area contributed by atoms with Crippen LogP contribution >= 0.6 is 33.9 Å². The molecule has 0 aliphatic heterocycles. The number of rotatable bonds is 3. The summed E-state index contributed by atoms with van der Waals surface area (Å²) in [7, 11) is 0. The molecule has 2 heterocycles. The van der Waals surface area contributed by atoms with E-state index in [1.807, 2.05) is 11.7 Å². The van der Waals surface area contributed by atoms with Crippen LogP contribution in [0.1, 0.15) is 4.88 Å². The van der Waals surface area contributed by atoms with Gasteiger partial charge in [-0.05, 0) is 22.6 Å². The molecule has 1 N–H and O–H groups in total. The summed E-state index contributed by atoms with van der Waals surface area (Å²) in [6.07, 6.45) is 5.17. The summed E-state index contributed by atoms with van der Waals surface area (Å²) >= 11 is 3.83. The van der Waals surface area contributed by atoms with Crippen molar-refractivity contribution in [3.05, 3.63) is 32.7 Å². The van der Waals surface area contributed by atoms with Crippen LogP contribution in [-0.2, 0) is 6.54 Å². The van der Waals surface area contributed by atoms with Crippen LogP contribution in [0, 0.1) is 3.57 Å². The molecule has 14 heavy (non-hydrogen) atoms. The Morgan fingerprint density at radius 3 is 3.00 bits per heavy atom. The highest BCUT2D eigenvalue weighted by Gasteiger charge is 2.00. The second-order valence-electron chi connectivity index (χ2n) is 2.54. The maximum absolute atomic E-state index is 4.13. The maximum Gasteiger partial charge on any atom is 0.143 e. The Morgan fingerprint density at radius 1 is 1.36 bits per heavy atom. The maximum atomic E-state index is 4.13. The summed E-state index contributed by atoms with van der Waals surface area (Å²) in [5, 5.41) is 3.23. The molecular formula is C8H7IN4S. The zero-order chi connectivity index (χ0) is 9.80. The summed E-state index contributed by atoms with van der Waals surface area (Å²) in [5.41, 5.74) is 1.82. The van der Waals surface area contributed by atoms with E-state index in [2.05, 4.69) is 42.9 Å². The van der Waals surface area contributed by atoms with Gasteiger partial charge in [-0.3, -0.25) is 4.98 Å². The van der Waals surface area contributed by atoms with Gasteiger partial charge in [-0.2, -0.15) is 0 Å². The average Bonchev–Trinajstić information content (AvgIpc) is 2.69. The van der Waals surface area contributed by atoms with E-state index in [0.717, 1.165) is 15.9 Å². The molecule has 0 aromatic carbocycles. The molecule has 0 aliphatic rings. The van der Waals surface area contributed by atoms with Crippen molar-refractivity contribution in [2.75, 3.05) is 5.32 Å². The molecule has 0 unspecified atom stereocenters. The lowest BCUT2D eigenvalue weighted by Gasteiger charge is -2.04. The van der Waals surface area contributed by atoms with Gasteiger partial charge in [0.1, 0.15) is 12.1 Å². The summed E-state index contributed by atoms with van der Waals surface area (Å²) in [6.45, 7) is 0.762. The average molecular weight is 318 g/mol. The lowest BCUT2D eigenvalue weighted by molar-refractivity contribution is 1.08. The van der Waals surface area contributed by atoms with Gasteiger partial charge in [0.15, 0.2) is 0 Å². The second kappa shape index (κ2) is 4.65. The van der Waals surface area contributed by atoms with Crippen LogP contribution in [0.4, 0.5) is 5.82 Å². The Kier molecular flexibility index (Phi) is 3.25. The molecule has 0 atom stereocenters. The molecule has 2 rings (SSSR count). The minimum absolute atomic E-state index is 0.762. The van der Waals surface area contributed by atoms with Crippen molar-refractivity contribution in [1.82, 2.24) is 15.0 Å². The Balaban J connectivity index is 2.02. The van der Waals surface area contributed by atoms with Gasteiger partial charge in [0.05, 0.1) is 15.6 Å². The Hall–Kier alpha value is -0.760. The number of halogens is 1. The number of thiazole rings is 1. The first kappa shape index (κ1) is 9.78. The van der Waals surface area contributed by atoms with E-state index < -0.39 is 0 Å². The van der Waals surface area contributed by atoms with Gasteiger partial charge in [0.25, 0.3) is 0 Å². The van der Waals surface area contributed by atoms with E-state index in [1.165, 1.54) is 11.2 Å². The molecule has 6 heteroatoms. The molecule has 4 nitrogen and oxygen atoms in total. The zero-order valence-corrected chi connectivity index (χ0v) is 10.1. The minimum atomic E-state index is 0.762. The van der Waals surface area contributed by atoms with Crippen LogP contribution in [-0.4, -0.2) is 15.0 Å². The highest BCUT2D eigenvalue weighted by molar-refractivity contribution is 14.1. The first-order valence-corrected chi connectivity index (χ1v) is 5.89. The smallest absolute Gasteiger partial charge is 0.143 e. The van der Waals surface area contributed by atoms with Crippen molar-refractivity contribution in [2.45, 2.75) is 6.54 Å². The van der Waals surface area contributed by atoms with Gasteiger partial charge in [0.2, 0.25) is 0 Å². The van der Waals surface area contributed by atoms with Crippen molar-refractivity contribution in [2.24, 2.45) is 0 Å². The SMILES string of the molecule is Ic1cncnc1NCc1cncs1. The molecule has 0 saturated heterocycles. The van der Waals surface area contributed by atoms with Crippen LogP contribution in [0.3, 0.4) is 0 Å². The summed E-state index contributed by atoms with van der Waals surface area (Å²) in [5.74, 6) is 0.869. The van der Waals surface area contributed by atoms with E-state index in [9.17, 15) is 0 Å². The molecule has 0 amide bonds. The molecule has 0 bridgehead atoms. The van der Waals surface area contributed by atoms with Crippen LogP contribution in [0.25, 0.3) is 0 Å². The predicted molar refractivity (Wildman–Crippen MR) is 64.2 cm³/mol. The van der Waals surface area contributed by atoms with Gasteiger partial charge >= 0.3 is 0 Å². The summed E-state index contributed by atoms with van der Waals surface area (Å²) < 4.78 is 1.02. The Morgan fingerprint density at radius 2 is 2.29 bits per heavy atom. The topological polar surface area (TPSA) is 50.7 Å². The molecular weight excluding hydrogens is 311 g/mol. The van der Waals surface area contributed by atoms with Crippen molar-refractivity contribution < 1.29 is 0 Å². The molecule has 0 radical (unpaired) electrons. The third kappa shape index (κ3) is 2.38. The van der Waals surface area contributed by atoms with E-state index in [1.54, 1.807) is 17.5 Å². The first-order chi connectivity index (χ1) is 6.86. The van der Waals surface area contributed by atoms with Crippen molar-refractivity contribution in [3.8, 4) is 0 Å². The normalized spacial score (nSPS) is 10.1. The van der Waals surface area contributed by atoms with Crippen LogP contribution in [0.15, 0.2) is 24.2 Å². The van der Waals surface area contributed by atoms with Crippen molar-refractivity contribution in [1.29, 1.82) is 0 Å². The van der Waals surface area contributed by atoms with Gasteiger partial charge in [-0.1, -0.05) is 0 Å². The molecule has 2 aromatic heterocycles. The fourth-order valence-corrected chi connectivity index (χ4v) is 1.97. The number of aromatic nitrogens is 3. The number of anilines is 1. The molecule has 0 spiro atoms. The van der Waals surface area contributed by atoms with Crippen molar-refractivity contribution in [3.63, 3.8) is 0 Å². The lowest BCUT2D eigenvalue weighted by Crippen LogP contribution is -2.01. The van der Waals surface area contributed by atoms with E-state index in [4.69, 9.17) is 0 Å². The van der Waals surface area contributed by atoms with E-state index in [0.29, 0.717) is 0 Å². The lowest BCUT2D eigenvalue weighted by atomic mass is 10.5. The number of nitrogens with one attached hydrogen (secondary N) is 1. The number of hydrogen-bond acceptors (Lipinski definition) is 5. The zero-order valence-electron chi connectivity index (χ0n) is 7.14. The largest absolute Gasteiger partial charge is 0.364 e. The summed E-state index contributed by atoms with van der Waals surface area (Å²) in [6, 6.07) is 0. The Bertz CT molecular complexity index is 403. The second-order valence-corrected chi connectivity index (χ2v) is 4.67. The molecule has 2 aromatic rings. The highest BCUT2D eigenvalue weighted by Crippen LogP contribution is 2.14. The van der Waals surface area contributed by atoms with Crippen LogP contribution < -0.4 is 5.32 Å². The minimum Gasteiger partial charge on any atom is -0.364 e. The third-order valence-corrected chi connectivity index (χ3v) is 3.15. The first-order valence-electron chi connectivity index (χ1n) is 3.93. The quantitative estimate of drug-likeness (QED) is 0.881. The molecule has 0 saturated carbocycles. The van der Waals surface area contributed by atoms with Crippen molar-refractivity contribution >= 4 is 39.7 Å². The van der Waals surface area contributed by atoms with Gasteiger partial charge in [0, 0.05) is 17.3 Å². The third-order valence-electron chi connectivity index (χ3n) is 1.58. The predicted octanol–water partition coefficient (Wildman–Crippen LogP) is 2.15. The fourth-order valence-electron chi connectivity index (χ4n) is 0.943. The standard InChI is InChI=1S/C8H7IN4S/c9-7-3-10-4-13-8(7)12-2-6-1-11-5-14-6/h1,3-5H,2H2,(H,10,12,13). The molecule has 0 aliphatic carbocycles. The highest BCUT2D eigenvalue weighted by atomic mass is 127. The molecule has 0 fully saturated rings. The number of hydrogen-bond donors (Lipinski definition) is 1. The molecule has 72 valence electrons. The monoisotopic (exact) mass is 318 g/mol. The van der Waals surface area contributed by atoms with Crippen LogP contribution in [0.5, 0.6) is 0 Å².